The van der Waals surface area contributed by atoms with Gasteiger partial charge in [-0.3, -0.25) is 4.57 Å². The number of imidazole rings is 2. The third-order valence-electron chi connectivity index (χ3n) is 6.77. The number of phenols is 1. The molecule has 0 saturated carbocycles. The number of aryl methyl sites for hydroxylation is 1. The van der Waals surface area contributed by atoms with Crippen LogP contribution in [-0.2, 0) is 7.05 Å². The molecule has 3 aromatic carbocycles. The van der Waals surface area contributed by atoms with Crippen molar-refractivity contribution >= 4 is 28.3 Å². The number of nitrogens with zero attached hydrogens (tertiary/aromatic N) is 4. The highest BCUT2D eigenvalue weighted by molar-refractivity contribution is 6.32. The molecule has 1 aliphatic heterocycles. The topological polar surface area (TPSA) is 91.1 Å². The van der Waals surface area contributed by atoms with Crippen molar-refractivity contribution in [3.05, 3.63) is 94.4 Å². The average molecular weight is 531 g/mol. The Labute approximate surface area is 222 Å². The van der Waals surface area contributed by atoms with E-state index in [1.165, 1.54) is 21.3 Å². The number of anilines is 1. The zero-order chi connectivity index (χ0) is 26.6. The fourth-order valence-corrected chi connectivity index (χ4v) is 5.14. The van der Waals surface area contributed by atoms with Crippen molar-refractivity contribution in [1.29, 1.82) is 0 Å². The number of rotatable bonds is 4. The van der Waals surface area contributed by atoms with E-state index in [2.05, 4.69) is 20.2 Å². The van der Waals surface area contributed by atoms with Crippen molar-refractivity contribution in [3.63, 3.8) is 0 Å². The van der Waals surface area contributed by atoms with Gasteiger partial charge in [0.25, 0.3) is 0 Å². The second-order valence-corrected chi connectivity index (χ2v) is 9.71. The van der Waals surface area contributed by atoms with Crippen LogP contribution >= 0.6 is 11.6 Å². The molecule has 6 rings (SSSR count). The van der Waals surface area contributed by atoms with Crippen LogP contribution in [0, 0.1) is 5.82 Å². The summed E-state index contributed by atoms with van der Waals surface area (Å²) in [6.07, 6.45) is 6.89. The van der Waals surface area contributed by atoms with E-state index in [-0.39, 0.29) is 17.0 Å². The van der Waals surface area contributed by atoms with Gasteiger partial charge in [-0.25, -0.2) is 14.2 Å². The van der Waals surface area contributed by atoms with Gasteiger partial charge in [-0.15, -0.1) is 0 Å². The van der Waals surface area contributed by atoms with Crippen LogP contribution in [0.4, 0.5) is 10.1 Å². The fraction of sp³-hybridized carbons (Fsp3) is 0.143. The first-order valence-electron chi connectivity index (χ1n) is 12.0. The molecule has 3 N–H and O–H groups in total. The summed E-state index contributed by atoms with van der Waals surface area (Å²) in [4.78, 5) is 22.1. The molecule has 0 spiro atoms. The highest BCUT2D eigenvalue weighted by Gasteiger charge is 2.20. The van der Waals surface area contributed by atoms with Gasteiger partial charge in [-0.2, -0.15) is 0 Å². The van der Waals surface area contributed by atoms with E-state index in [4.69, 9.17) is 11.6 Å². The predicted molar refractivity (Wildman–Crippen MR) is 147 cm³/mol. The van der Waals surface area contributed by atoms with Gasteiger partial charge in [0.2, 0.25) is 0 Å². The highest BCUT2D eigenvalue weighted by Crippen LogP contribution is 2.42. The molecule has 192 valence electrons. The van der Waals surface area contributed by atoms with Crippen LogP contribution in [0.2, 0.25) is 5.02 Å². The van der Waals surface area contributed by atoms with Crippen molar-refractivity contribution in [3.8, 4) is 33.7 Å². The molecule has 0 amide bonds. The number of hydrogen-bond donors (Lipinski definition) is 3. The molecule has 2 aromatic heterocycles. The lowest BCUT2D eigenvalue weighted by Gasteiger charge is -2.27. The van der Waals surface area contributed by atoms with Crippen LogP contribution < -0.4 is 15.9 Å². The summed E-state index contributed by atoms with van der Waals surface area (Å²) in [5, 5.41) is 15.0. The Kier molecular flexibility index (Phi) is 5.72. The quantitative estimate of drug-likeness (QED) is 0.299. The number of allylic oxidation sites excluding steroid dienone is 1. The number of hydrogen-bond acceptors (Lipinski definition) is 5. The maximum atomic E-state index is 15.0. The Morgan fingerprint density at radius 1 is 1.05 bits per heavy atom. The molecule has 0 fully saturated rings. The minimum atomic E-state index is -0.503. The van der Waals surface area contributed by atoms with Crippen molar-refractivity contribution in [2.24, 2.45) is 7.05 Å². The molecular formula is C28H24ClFN6O2. The van der Waals surface area contributed by atoms with Crippen molar-refractivity contribution in [2.75, 3.05) is 18.0 Å². The maximum absolute atomic E-state index is 15.0. The largest absolute Gasteiger partial charge is 0.507 e. The number of fused-ring (bicyclic) bond motifs is 1. The molecule has 38 heavy (non-hydrogen) atoms. The lowest BCUT2D eigenvalue weighted by molar-refractivity contribution is 0.477. The molecule has 10 heteroatoms. The van der Waals surface area contributed by atoms with Gasteiger partial charge in [-0.1, -0.05) is 17.7 Å². The number of nitrogens with one attached hydrogen (secondary N) is 2. The molecule has 0 unspecified atom stereocenters. The lowest BCUT2D eigenvalue weighted by atomic mass is 9.96. The summed E-state index contributed by atoms with van der Waals surface area (Å²) in [7, 11) is 1.65. The van der Waals surface area contributed by atoms with E-state index >= 15 is 0 Å². The first kappa shape index (κ1) is 23.9. The zero-order valence-electron chi connectivity index (χ0n) is 20.7. The van der Waals surface area contributed by atoms with Crippen LogP contribution in [0.15, 0.2) is 77.9 Å². The maximum Gasteiger partial charge on any atom is 0.332 e. The van der Waals surface area contributed by atoms with Crippen molar-refractivity contribution in [1.82, 2.24) is 24.4 Å². The molecule has 0 saturated heterocycles. The van der Waals surface area contributed by atoms with E-state index in [1.54, 1.807) is 44.0 Å². The number of aromatic amines is 1. The number of aromatic nitrogens is 4. The number of halogens is 2. The van der Waals surface area contributed by atoms with Crippen LogP contribution in [-0.4, -0.2) is 37.3 Å². The average Bonchev–Trinajstić information content (AvgIpc) is 3.51. The second-order valence-electron chi connectivity index (χ2n) is 9.30. The van der Waals surface area contributed by atoms with Gasteiger partial charge in [0.1, 0.15) is 17.1 Å². The summed E-state index contributed by atoms with van der Waals surface area (Å²) in [5.41, 5.74) is 5.47. The Bertz CT molecular complexity index is 1800. The Hall–Kier alpha value is -4.50. The van der Waals surface area contributed by atoms with E-state index in [9.17, 15) is 14.3 Å². The number of phenolic OH excluding ortho intramolecular Hbond substituents is 1. The normalized spacial score (nSPS) is 13.6. The molecular weight excluding hydrogens is 507 g/mol. The highest BCUT2D eigenvalue weighted by atomic mass is 35.5. The summed E-state index contributed by atoms with van der Waals surface area (Å²) in [6.45, 7) is 3.51. The Morgan fingerprint density at radius 2 is 1.84 bits per heavy atom. The molecule has 0 radical (unpaired) electrons. The van der Waals surface area contributed by atoms with Gasteiger partial charge >= 0.3 is 5.69 Å². The van der Waals surface area contributed by atoms with Crippen molar-refractivity contribution in [2.45, 2.75) is 6.92 Å². The van der Waals surface area contributed by atoms with Crippen LogP contribution in [0.1, 0.15) is 6.92 Å². The SMILES string of the molecule is CC1=CN(c2cc(-c3cc(F)cc(-c4ccc(-n5ccn(C)c5=O)c(Cl)c4)c3O)cc3[nH]cnc23)CCN1. The Balaban J connectivity index is 1.47. The molecule has 0 atom stereocenters. The zero-order valence-corrected chi connectivity index (χ0v) is 21.4. The van der Waals surface area contributed by atoms with Crippen molar-refractivity contribution < 1.29 is 9.50 Å². The van der Waals surface area contributed by atoms with E-state index in [1.807, 2.05) is 25.3 Å². The van der Waals surface area contributed by atoms with Gasteiger partial charge in [-0.05, 0) is 54.4 Å². The molecule has 8 nitrogen and oxygen atoms in total. The van der Waals surface area contributed by atoms with Gasteiger partial charge in [0.15, 0.2) is 0 Å². The molecule has 3 heterocycles. The molecule has 0 bridgehead atoms. The minimum Gasteiger partial charge on any atom is -0.507 e. The number of benzene rings is 3. The van der Waals surface area contributed by atoms with Crippen LogP contribution in [0.3, 0.4) is 0 Å². The van der Waals surface area contributed by atoms with Crippen LogP contribution in [0.25, 0.3) is 39.0 Å². The van der Waals surface area contributed by atoms with Gasteiger partial charge in [0, 0.05) is 55.6 Å². The fourth-order valence-electron chi connectivity index (χ4n) is 4.87. The molecule has 5 aromatic rings. The summed E-state index contributed by atoms with van der Waals surface area (Å²) in [6, 6.07) is 11.4. The number of aromatic hydroxyl groups is 1. The summed E-state index contributed by atoms with van der Waals surface area (Å²) < 4.78 is 17.9. The van der Waals surface area contributed by atoms with Gasteiger partial charge in [0.05, 0.1) is 28.2 Å². The third-order valence-corrected chi connectivity index (χ3v) is 7.07. The smallest absolute Gasteiger partial charge is 0.332 e. The first-order valence-corrected chi connectivity index (χ1v) is 12.4. The van der Waals surface area contributed by atoms with E-state index in [0.29, 0.717) is 27.4 Å². The third kappa shape index (κ3) is 4.01. The predicted octanol–water partition coefficient (Wildman–Crippen LogP) is 5.16. The summed E-state index contributed by atoms with van der Waals surface area (Å²) in [5.74, 6) is -0.583. The monoisotopic (exact) mass is 530 g/mol. The van der Waals surface area contributed by atoms with E-state index in [0.717, 1.165) is 35.5 Å². The molecule has 1 aliphatic rings. The van der Waals surface area contributed by atoms with E-state index < -0.39 is 5.82 Å². The standard InChI is InChI=1S/C28H24ClFN6O2/c1-16-14-35(6-5-31-16)25-11-18(10-23-26(25)33-15-32-23)21-13-19(30)12-20(27(21)37)17-3-4-24(22(29)9-17)36-8-7-34(2)28(36)38/h3-4,7-15,31,37H,5-6H2,1-2H3,(H,32,33). The minimum absolute atomic E-state index is 0.0797. The molecule has 0 aliphatic carbocycles. The number of H-pyrrole nitrogens is 1. The summed E-state index contributed by atoms with van der Waals surface area (Å²) >= 11 is 6.54. The van der Waals surface area contributed by atoms with Crippen LogP contribution in [0.5, 0.6) is 5.75 Å². The lowest BCUT2D eigenvalue weighted by Crippen LogP contribution is -2.34. The second kappa shape index (κ2) is 9.11. The Morgan fingerprint density at radius 3 is 2.55 bits per heavy atom. The first-order chi connectivity index (χ1) is 18.3. The van der Waals surface area contributed by atoms with Gasteiger partial charge < -0.3 is 24.9 Å².